The summed E-state index contributed by atoms with van der Waals surface area (Å²) in [5.74, 6) is 0.618. The first kappa shape index (κ1) is 21.6. The Morgan fingerprint density at radius 3 is 2.71 bits per heavy atom. The summed E-state index contributed by atoms with van der Waals surface area (Å²) < 4.78 is 6.11. The molecule has 1 amide bonds. The summed E-state index contributed by atoms with van der Waals surface area (Å²) in [5, 5.41) is 12.6. The lowest BCUT2D eigenvalue weighted by molar-refractivity contribution is 0.0428. The van der Waals surface area contributed by atoms with E-state index in [-0.39, 0.29) is 17.6 Å². The van der Waals surface area contributed by atoms with Crippen LogP contribution in [-0.4, -0.2) is 34.8 Å². The van der Waals surface area contributed by atoms with E-state index in [2.05, 4.69) is 54.3 Å². The molecule has 2 heterocycles. The molecule has 0 saturated carbocycles. The van der Waals surface area contributed by atoms with Crippen molar-refractivity contribution >= 4 is 27.8 Å². The van der Waals surface area contributed by atoms with Crippen molar-refractivity contribution in [3.63, 3.8) is 0 Å². The van der Waals surface area contributed by atoms with Crippen molar-refractivity contribution in [3.8, 4) is 6.07 Å². The monoisotopic (exact) mass is 483 g/mol. The van der Waals surface area contributed by atoms with E-state index in [1.807, 2.05) is 32.9 Å². The SMILES string of the molecule is CC(C)(C)OC(=O)N[C@@H]1c2ccccc2CC12CCN(c1ncc(Br)nc1C#N)CC2. The number of piperidine rings is 1. The van der Waals surface area contributed by atoms with E-state index in [4.69, 9.17) is 4.74 Å². The van der Waals surface area contributed by atoms with Gasteiger partial charge in [-0.3, -0.25) is 0 Å². The third kappa shape index (κ3) is 4.38. The van der Waals surface area contributed by atoms with Crippen LogP contribution in [0, 0.1) is 16.7 Å². The van der Waals surface area contributed by atoms with Gasteiger partial charge in [0.2, 0.25) is 0 Å². The summed E-state index contributed by atoms with van der Waals surface area (Å²) in [6, 6.07) is 10.4. The second kappa shape index (κ2) is 8.12. The van der Waals surface area contributed by atoms with E-state index in [9.17, 15) is 10.1 Å². The molecule has 1 saturated heterocycles. The summed E-state index contributed by atoms with van der Waals surface area (Å²) in [6.07, 6.45) is 3.88. The van der Waals surface area contributed by atoms with Crippen LogP contribution in [-0.2, 0) is 11.2 Å². The third-order valence-corrected chi connectivity index (χ3v) is 6.45. The van der Waals surface area contributed by atoms with E-state index >= 15 is 0 Å². The Hall–Kier alpha value is -2.66. The molecular formula is C23H26BrN5O2. The Balaban J connectivity index is 1.57. The minimum Gasteiger partial charge on any atom is -0.444 e. The molecule has 2 aromatic rings. The Morgan fingerprint density at radius 2 is 2.03 bits per heavy atom. The number of aromatic nitrogens is 2. The van der Waals surface area contributed by atoms with Gasteiger partial charge in [-0.1, -0.05) is 24.3 Å². The standard InChI is InChI=1S/C23H26BrN5O2/c1-22(2,3)31-21(30)28-19-16-7-5-4-6-15(16)12-23(19)8-10-29(11-9-23)20-17(13-25)27-18(24)14-26-20/h4-7,14,19H,8-12H2,1-3H3,(H,28,30)/t19-/m1/s1. The van der Waals surface area contributed by atoms with E-state index in [1.54, 1.807) is 6.20 Å². The lowest BCUT2D eigenvalue weighted by Gasteiger charge is -2.44. The maximum absolute atomic E-state index is 12.6. The Kier molecular flexibility index (Phi) is 5.65. The quantitative estimate of drug-likeness (QED) is 0.674. The maximum atomic E-state index is 12.6. The summed E-state index contributed by atoms with van der Waals surface area (Å²) >= 11 is 3.28. The van der Waals surface area contributed by atoms with Crippen LogP contribution in [0.5, 0.6) is 0 Å². The molecule has 1 fully saturated rings. The van der Waals surface area contributed by atoms with Crippen molar-refractivity contribution in [3.05, 3.63) is 51.9 Å². The van der Waals surface area contributed by atoms with Gasteiger partial charge < -0.3 is 15.0 Å². The first-order valence-electron chi connectivity index (χ1n) is 10.5. The highest BCUT2D eigenvalue weighted by Gasteiger charge is 2.49. The van der Waals surface area contributed by atoms with Crippen LogP contribution >= 0.6 is 15.9 Å². The molecular weight excluding hydrogens is 458 g/mol. The number of alkyl carbamates (subject to hydrolysis) is 1. The minimum absolute atomic E-state index is 0.0906. The number of hydrogen-bond donors (Lipinski definition) is 1. The fraction of sp³-hybridized carbons (Fsp3) is 0.478. The van der Waals surface area contributed by atoms with Gasteiger partial charge in [0.25, 0.3) is 0 Å². The van der Waals surface area contributed by atoms with Gasteiger partial charge >= 0.3 is 6.09 Å². The van der Waals surface area contributed by atoms with E-state index < -0.39 is 5.60 Å². The molecule has 1 aliphatic carbocycles. The first-order chi connectivity index (χ1) is 14.7. The summed E-state index contributed by atoms with van der Waals surface area (Å²) in [7, 11) is 0. The first-order valence-corrected chi connectivity index (χ1v) is 11.2. The average molecular weight is 484 g/mol. The van der Waals surface area contributed by atoms with E-state index in [0.717, 1.165) is 32.4 Å². The zero-order chi connectivity index (χ0) is 22.2. The zero-order valence-electron chi connectivity index (χ0n) is 18.0. The number of carbonyl (C=O) groups is 1. The number of benzene rings is 1. The number of nitrogens with zero attached hydrogens (tertiary/aromatic N) is 4. The second-order valence-corrected chi connectivity index (χ2v) is 10.1. The Morgan fingerprint density at radius 1 is 1.32 bits per heavy atom. The molecule has 0 radical (unpaired) electrons. The predicted octanol–water partition coefficient (Wildman–Crippen LogP) is 4.52. The van der Waals surface area contributed by atoms with Gasteiger partial charge in [0.05, 0.1) is 12.2 Å². The van der Waals surface area contributed by atoms with E-state index in [0.29, 0.717) is 16.1 Å². The Labute approximate surface area is 191 Å². The van der Waals surface area contributed by atoms with Crippen LogP contribution in [0.1, 0.15) is 56.5 Å². The molecule has 162 valence electrons. The van der Waals surface area contributed by atoms with Crippen molar-refractivity contribution in [1.82, 2.24) is 15.3 Å². The van der Waals surface area contributed by atoms with E-state index in [1.165, 1.54) is 11.1 Å². The molecule has 1 atom stereocenters. The van der Waals surface area contributed by atoms with Gasteiger partial charge in [-0.05, 0) is 67.1 Å². The van der Waals surface area contributed by atoms with Gasteiger partial charge in [0, 0.05) is 18.5 Å². The number of fused-ring (bicyclic) bond motifs is 1. The number of halogens is 1. The smallest absolute Gasteiger partial charge is 0.408 e. The van der Waals surface area contributed by atoms with Gasteiger partial charge in [-0.15, -0.1) is 0 Å². The van der Waals surface area contributed by atoms with Crippen LogP contribution < -0.4 is 10.2 Å². The molecule has 1 N–H and O–H groups in total. The molecule has 31 heavy (non-hydrogen) atoms. The molecule has 8 heteroatoms. The average Bonchev–Trinajstić information content (AvgIpc) is 3.00. The van der Waals surface area contributed by atoms with Crippen LogP contribution in [0.25, 0.3) is 0 Å². The molecule has 0 unspecified atom stereocenters. The van der Waals surface area contributed by atoms with Crippen LogP contribution in [0.4, 0.5) is 10.6 Å². The lowest BCUT2D eigenvalue weighted by atomic mass is 9.72. The van der Waals surface area contributed by atoms with Gasteiger partial charge in [-0.2, -0.15) is 5.26 Å². The number of carbonyl (C=O) groups excluding carboxylic acids is 1. The Bertz CT molecular complexity index is 1030. The molecule has 1 aromatic heterocycles. The van der Waals surface area contributed by atoms with Gasteiger partial charge in [0.15, 0.2) is 11.5 Å². The highest BCUT2D eigenvalue weighted by molar-refractivity contribution is 9.10. The highest BCUT2D eigenvalue weighted by atomic mass is 79.9. The van der Waals surface area contributed by atoms with Crippen molar-refractivity contribution in [2.24, 2.45) is 5.41 Å². The summed E-state index contributed by atoms with van der Waals surface area (Å²) in [4.78, 5) is 23.5. The number of nitriles is 1. The molecule has 0 bridgehead atoms. The largest absolute Gasteiger partial charge is 0.444 e. The number of nitrogens with one attached hydrogen (secondary N) is 1. The van der Waals surface area contributed by atoms with Crippen molar-refractivity contribution in [1.29, 1.82) is 5.26 Å². The third-order valence-electron chi connectivity index (χ3n) is 6.07. The normalized spacial score (nSPS) is 19.6. The molecule has 1 aromatic carbocycles. The fourth-order valence-corrected chi connectivity index (χ4v) is 5.02. The number of anilines is 1. The maximum Gasteiger partial charge on any atom is 0.408 e. The fourth-order valence-electron chi connectivity index (χ4n) is 4.74. The van der Waals surface area contributed by atoms with Crippen LogP contribution in [0.2, 0.25) is 0 Å². The topological polar surface area (TPSA) is 91.1 Å². The number of amides is 1. The van der Waals surface area contributed by atoms with Crippen molar-refractivity contribution in [2.75, 3.05) is 18.0 Å². The highest BCUT2D eigenvalue weighted by Crippen LogP contribution is 2.52. The lowest BCUT2D eigenvalue weighted by Crippen LogP contribution is -2.48. The molecule has 4 rings (SSSR count). The predicted molar refractivity (Wildman–Crippen MR) is 121 cm³/mol. The number of ether oxygens (including phenoxy) is 1. The summed E-state index contributed by atoms with van der Waals surface area (Å²) in [5.41, 5.74) is 2.13. The number of hydrogen-bond acceptors (Lipinski definition) is 6. The minimum atomic E-state index is -0.549. The molecule has 1 spiro atoms. The molecule has 7 nitrogen and oxygen atoms in total. The number of rotatable bonds is 2. The second-order valence-electron chi connectivity index (χ2n) is 9.28. The van der Waals surface area contributed by atoms with Crippen LogP contribution in [0.15, 0.2) is 35.1 Å². The van der Waals surface area contributed by atoms with Crippen molar-refractivity contribution in [2.45, 2.75) is 51.7 Å². The zero-order valence-corrected chi connectivity index (χ0v) is 19.6. The van der Waals surface area contributed by atoms with Crippen LogP contribution in [0.3, 0.4) is 0 Å². The summed E-state index contributed by atoms with van der Waals surface area (Å²) in [6.45, 7) is 7.09. The van der Waals surface area contributed by atoms with Gasteiger partial charge in [-0.25, -0.2) is 14.8 Å². The molecule has 2 aliphatic rings. The molecule has 1 aliphatic heterocycles. The van der Waals surface area contributed by atoms with Gasteiger partial charge in [0.1, 0.15) is 16.3 Å². The van der Waals surface area contributed by atoms with Crippen molar-refractivity contribution < 1.29 is 9.53 Å².